The number of pyridine rings is 1. The van der Waals surface area contributed by atoms with Crippen molar-refractivity contribution >= 4 is 25.6 Å². The van der Waals surface area contributed by atoms with Crippen molar-refractivity contribution < 1.29 is 52.4 Å². The fourth-order valence-corrected chi connectivity index (χ4v) is 7.21. The first-order valence-electron chi connectivity index (χ1n) is 11.7. The molecule has 3 rings (SSSR count). The highest BCUT2D eigenvalue weighted by Crippen LogP contribution is 2.44. The van der Waals surface area contributed by atoms with Crippen LogP contribution in [0.15, 0.2) is 40.3 Å². The Morgan fingerprint density at radius 2 is 1.48 bits per heavy atom. The standard InChI is InChI=1S/C24H25F7N2O5S2/c1-12(2)39(35,36)19-9-15(24(29,30)31)11-32-20(19)21(34)33-17-6-13(7-17)22(3,4)40(37,38)18-8-14(23(26,27)28)5-16(25)10-18/h5,8-13,17H,6-7H2,1-4H3,(H,33,34). The number of sulfone groups is 2. The third-order valence-corrected chi connectivity index (χ3v) is 11.7. The zero-order valence-corrected chi connectivity index (χ0v) is 23.1. The molecule has 0 spiro atoms. The molecule has 1 amide bonds. The Labute approximate surface area is 226 Å². The van der Waals surface area contributed by atoms with Crippen molar-refractivity contribution in [3.63, 3.8) is 0 Å². The van der Waals surface area contributed by atoms with E-state index in [9.17, 15) is 52.4 Å². The van der Waals surface area contributed by atoms with Crippen LogP contribution in [-0.2, 0) is 32.0 Å². The monoisotopic (exact) mass is 618 g/mol. The number of benzene rings is 1. The minimum Gasteiger partial charge on any atom is -0.348 e. The first-order chi connectivity index (χ1) is 18.0. The van der Waals surface area contributed by atoms with Gasteiger partial charge >= 0.3 is 12.4 Å². The highest BCUT2D eigenvalue weighted by molar-refractivity contribution is 7.93. The maximum atomic E-state index is 13.9. The minimum absolute atomic E-state index is 0.0215. The number of aromatic nitrogens is 1. The van der Waals surface area contributed by atoms with Crippen LogP contribution in [0.25, 0.3) is 0 Å². The zero-order valence-electron chi connectivity index (χ0n) is 21.5. The largest absolute Gasteiger partial charge is 0.417 e. The average molecular weight is 619 g/mol. The molecule has 0 radical (unpaired) electrons. The molecule has 0 atom stereocenters. The van der Waals surface area contributed by atoms with Gasteiger partial charge in [0.05, 0.1) is 30.9 Å². The predicted molar refractivity (Wildman–Crippen MR) is 128 cm³/mol. The van der Waals surface area contributed by atoms with E-state index in [0.29, 0.717) is 24.4 Å². The van der Waals surface area contributed by atoms with E-state index in [1.165, 1.54) is 27.7 Å². The number of hydrogen-bond acceptors (Lipinski definition) is 6. The van der Waals surface area contributed by atoms with Gasteiger partial charge in [0, 0.05) is 12.2 Å². The van der Waals surface area contributed by atoms with E-state index in [0.717, 1.165) is 0 Å². The Bertz CT molecular complexity index is 1530. The molecule has 1 aliphatic carbocycles. The Morgan fingerprint density at radius 1 is 0.925 bits per heavy atom. The van der Waals surface area contributed by atoms with Gasteiger partial charge in [-0.05, 0) is 70.7 Å². The maximum Gasteiger partial charge on any atom is 0.417 e. The predicted octanol–water partition coefficient (Wildman–Crippen LogP) is 5.20. The quantitative estimate of drug-likeness (QED) is 0.428. The van der Waals surface area contributed by atoms with Gasteiger partial charge in [0.15, 0.2) is 19.7 Å². The summed E-state index contributed by atoms with van der Waals surface area (Å²) >= 11 is 0. The molecule has 16 heteroatoms. The van der Waals surface area contributed by atoms with Gasteiger partial charge in [0.25, 0.3) is 5.91 Å². The second-order valence-corrected chi connectivity index (χ2v) is 15.3. The number of hydrogen-bond donors (Lipinski definition) is 1. The third kappa shape index (κ3) is 5.97. The Kier molecular flexibility index (Phi) is 8.15. The van der Waals surface area contributed by atoms with Gasteiger partial charge in [0.2, 0.25) is 0 Å². The van der Waals surface area contributed by atoms with Crippen molar-refractivity contribution in [1.29, 1.82) is 0 Å². The summed E-state index contributed by atoms with van der Waals surface area (Å²) in [7, 11) is -8.89. The molecule has 0 saturated heterocycles. The lowest BCUT2D eigenvalue weighted by atomic mass is 9.73. The first kappa shape index (κ1) is 31.8. The molecule has 2 aromatic rings. The van der Waals surface area contributed by atoms with E-state index in [1.807, 2.05) is 0 Å². The molecule has 40 heavy (non-hydrogen) atoms. The van der Waals surface area contributed by atoms with E-state index in [2.05, 4.69) is 10.3 Å². The molecule has 1 saturated carbocycles. The van der Waals surface area contributed by atoms with Crippen molar-refractivity contribution in [2.24, 2.45) is 5.92 Å². The second-order valence-electron chi connectivity index (χ2n) is 10.3. The van der Waals surface area contributed by atoms with Crippen LogP contribution >= 0.6 is 0 Å². The number of carbonyl (C=O) groups is 1. The Morgan fingerprint density at radius 3 is 1.98 bits per heavy atom. The molecule has 0 unspecified atom stereocenters. The topological polar surface area (TPSA) is 110 Å². The van der Waals surface area contributed by atoms with Crippen LogP contribution in [-0.4, -0.2) is 43.8 Å². The summed E-state index contributed by atoms with van der Waals surface area (Å²) in [5.41, 5.74) is -3.61. The molecule has 1 aliphatic rings. The lowest BCUT2D eigenvalue weighted by Crippen LogP contribution is -2.53. The lowest BCUT2D eigenvalue weighted by Gasteiger charge is -2.45. The van der Waals surface area contributed by atoms with E-state index < -0.39 is 92.3 Å². The molecule has 7 nitrogen and oxygen atoms in total. The van der Waals surface area contributed by atoms with Crippen molar-refractivity contribution in [3.8, 4) is 0 Å². The Hall–Kier alpha value is -2.75. The normalized spacial score (nSPS) is 18.9. The Balaban J connectivity index is 1.83. The van der Waals surface area contributed by atoms with E-state index in [-0.39, 0.29) is 18.9 Å². The summed E-state index contributed by atoms with van der Waals surface area (Å²) in [4.78, 5) is 14.5. The molecule has 1 fully saturated rings. The average Bonchev–Trinajstić information content (AvgIpc) is 2.78. The fourth-order valence-electron chi connectivity index (χ4n) is 4.20. The molecule has 1 heterocycles. The van der Waals surface area contributed by atoms with E-state index in [4.69, 9.17) is 0 Å². The van der Waals surface area contributed by atoms with Crippen LogP contribution in [0.4, 0.5) is 30.7 Å². The van der Waals surface area contributed by atoms with Crippen LogP contribution in [0.3, 0.4) is 0 Å². The SMILES string of the molecule is CC(C)S(=O)(=O)c1cc(C(F)(F)F)cnc1C(=O)NC1CC(C(C)(C)S(=O)(=O)c2cc(F)cc(C(F)(F)F)c2)C1. The maximum absolute atomic E-state index is 13.9. The molecule has 1 N–H and O–H groups in total. The number of alkyl halides is 6. The molecular weight excluding hydrogens is 593 g/mol. The molecule has 222 valence electrons. The van der Waals surface area contributed by atoms with Crippen LogP contribution in [0.5, 0.6) is 0 Å². The fraction of sp³-hybridized carbons (Fsp3) is 0.500. The van der Waals surface area contributed by atoms with Crippen LogP contribution in [0, 0.1) is 11.7 Å². The van der Waals surface area contributed by atoms with Gasteiger partial charge in [-0.1, -0.05) is 0 Å². The van der Waals surface area contributed by atoms with E-state index >= 15 is 0 Å². The molecular formula is C24H25F7N2O5S2. The number of amides is 1. The van der Waals surface area contributed by atoms with E-state index in [1.54, 1.807) is 0 Å². The molecule has 0 aliphatic heterocycles. The second kappa shape index (κ2) is 10.3. The van der Waals surface area contributed by atoms with Crippen molar-refractivity contribution in [1.82, 2.24) is 10.3 Å². The van der Waals surface area contributed by atoms with Gasteiger partial charge in [0.1, 0.15) is 11.5 Å². The minimum atomic E-state index is -4.99. The highest BCUT2D eigenvalue weighted by atomic mass is 32.2. The van der Waals surface area contributed by atoms with Gasteiger partial charge in [-0.25, -0.2) is 26.2 Å². The van der Waals surface area contributed by atoms with Gasteiger partial charge < -0.3 is 5.32 Å². The van der Waals surface area contributed by atoms with Gasteiger partial charge in [-0.3, -0.25) is 4.79 Å². The molecule has 0 bridgehead atoms. The third-order valence-electron chi connectivity index (χ3n) is 6.98. The van der Waals surface area contributed by atoms with Gasteiger partial charge in [-0.2, -0.15) is 26.3 Å². The van der Waals surface area contributed by atoms with Gasteiger partial charge in [-0.15, -0.1) is 0 Å². The summed E-state index contributed by atoms with van der Waals surface area (Å²) in [6, 6.07) is 0.570. The number of nitrogens with one attached hydrogen (secondary N) is 1. The number of carbonyl (C=O) groups excluding carboxylic acids is 1. The summed E-state index contributed by atoms with van der Waals surface area (Å²) in [6.45, 7) is 4.92. The van der Waals surface area contributed by atoms with Crippen LogP contribution in [0.1, 0.15) is 62.2 Å². The smallest absolute Gasteiger partial charge is 0.348 e. The number of nitrogens with zero attached hydrogens (tertiary/aromatic N) is 1. The summed E-state index contributed by atoms with van der Waals surface area (Å²) < 4.78 is 143. The van der Waals surface area contributed by atoms with Crippen LogP contribution in [0.2, 0.25) is 0 Å². The molecule has 1 aromatic carbocycles. The number of rotatable bonds is 7. The lowest BCUT2D eigenvalue weighted by molar-refractivity contribution is -0.138. The van der Waals surface area contributed by atoms with Crippen molar-refractivity contribution in [3.05, 3.63) is 53.1 Å². The van der Waals surface area contributed by atoms with Crippen LogP contribution < -0.4 is 5.32 Å². The summed E-state index contributed by atoms with van der Waals surface area (Å²) in [5, 5.41) is 1.25. The first-order valence-corrected chi connectivity index (χ1v) is 14.8. The molecule has 1 aromatic heterocycles. The highest BCUT2D eigenvalue weighted by Gasteiger charge is 2.49. The zero-order chi connectivity index (χ0) is 30.6. The summed E-state index contributed by atoms with van der Waals surface area (Å²) in [5.74, 6) is -3.21. The van der Waals surface area contributed by atoms with Crippen molar-refractivity contribution in [2.45, 2.75) is 78.7 Å². The summed E-state index contributed by atoms with van der Waals surface area (Å²) in [6.07, 6.45) is -9.64. The number of halogens is 7. The van der Waals surface area contributed by atoms with Crippen molar-refractivity contribution in [2.75, 3.05) is 0 Å².